The standard InChI is InChI=1S/C15H21ClN2O/c1-11(12-5-3-4-6-13(12)16)18-14(19)15(2)7-9-17-10-8-15/h3-6,11,17H,7-10H2,1-2H3,(H,18,19). The van der Waals surface area contributed by atoms with Crippen molar-refractivity contribution in [2.45, 2.75) is 32.7 Å². The minimum atomic E-state index is -0.263. The lowest BCUT2D eigenvalue weighted by molar-refractivity contribution is -0.132. The van der Waals surface area contributed by atoms with Gasteiger partial charge in [0.1, 0.15) is 0 Å². The molecular formula is C15H21ClN2O. The van der Waals surface area contributed by atoms with Gasteiger partial charge in [-0.25, -0.2) is 0 Å². The molecule has 1 amide bonds. The summed E-state index contributed by atoms with van der Waals surface area (Å²) in [5.41, 5.74) is 0.705. The van der Waals surface area contributed by atoms with Crippen molar-refractivity contribution in [2.24, 2.45) is 5.41 Å². The summed E-state index contributed by atoms with van der Waals surface area (Å²) in [7, 11) is 0. The number of hydrogen-bond donors (Lipinski definition) is 2. The average molecular weight is 281 g/mol. The first-order chi connectivity index (χ1) is 9.03. The highest BCUT2D eigenvalue weighted by Gasteiger charge is 2.35. The Morgan fingerprint density at radius 2 is 2.00 bits per heavy atom. The van der Waals surface area contributed by atoms with E-state index in [9.17, 15) is 4.79 Å². The minimum Gasteiger partial charge on any atom is -0.349 e. The Morgan fingerprint density at radius 3 is 2.63 bits per heavy atom. The van der Waals surface area contributed by atoms with E-state index < -0.39 is 0 Å². The number of amides is 1. The first-order valence-corrected chi connectivity index (χ1v) is 7.17. The maximum absolute atomic E-state index is 12.4. The molecule has 1 atom stereocenters. The molecule has 0 bridgehead atoms. The Bertz CT molecular complexity index is 455. The van der Waals surface area contributed by atoms with Gasteiger partial charge in [0.05, 0.1) is 6.04 Å². The molecule has 0 aromatic heterocycles. The lowest BCUT2D eigenvalue weighted by atomic mass is 9.80. The van der Waals surface area contributed by atoms with Gasteiger partial charge in [0.2, 0.25) is 5.91 Å². The quantitative estimate of drug-likeness (QED) is 0.894. The maximum atomic E-state index is 12.4. The lowest BCUT2D eigenvalue weighted by Crippen LogP contribution is -2.46. The van der Waals surface area contributed by atoms with E-state index in [1.807, 2.05) is 38.1 Å². The smallest absolute Gasteiger partial charge is 0.226 e. The summed E-state index contributed by atoms with van der Waals surface area (Å²) in [6.45, 7) is 5.83. The Morgan fingerprint density at radius 1 is 1.37 bits per heavy atom. The van der Waals surface area contributed by atoms with Crippen LogP contribution in [-0.4, -0.2) is 19.0 Å². The Hall–Kier alpha value is -1.06. The fourth-order valence-electron chi connectivity index (χ4n) is 2.48. The molecule has 0 saturated carbocycles. The molecule has 1 fully saturated rings. The summed E-state index contributed by atoms with van der Waals surface area (Å²) in [6, 6.07) is 7.59. The first-order valence-electron chi connectivity index (χ1n) is 6.79. The van der Waals surface area contributed by atoms with Crippen molar-refractivity contribution < 1.29 is 4.79 Å². The van der Waals surface area contributed by atoms with Crippen molar-refractivity contribution in [2.75, 3.05) is 13.1 Å². The normalized spacial score (nSPS) is 19.7. The molecule has 0 aliphatic carbocycles. The summed E-state index contributed by atoms with van der Waals surface area (Å²) < 4.78 is 0. The molecular weight excluding hydrogens is 260 g/mol. The van der Waals surface area contributed by atoms with Crippen LogP contribution in [-0.2, 0) is 4.79 Å². The van der Waals surface area contributed by atoms with Gasteiger partial charge in [0.25, 0.3) is 0 Å². The largest absolute Gasteiger partial charge is 0.349 e. The number of nitrogens with one attached hydrogen (secondary N) is 2. The number of hydrogen-bond acceptors (Lipinski definition) is 2. The lowest BCUT2D eigenvalue weighted by Gasteiger charge is -2.33. The van der Waals surface area contributed by atoms with Crippen LogP contribution in [0.1, 0.15) is 38.3 Å². The average Bonchev–Trinajstić information content (AvgIpc) is 2.40. The third-order valence-electron chi connectivity index (χ3n) is 3.97. The van der Waals surface area contributed by atoms with Gasteiger partial charge in [0, 0.05) is 10.4 Å². The minimum absolute atomic E-state index is 0.0621. The molecule has 2 N–H and O–H groups in total. The molecule has 0 spiro atoms. The van der Waals surface area contributed by atoms with E-state index >= 15 is 0 Å². The molecule has 1 aromatic rings. The number of piperidine rings is 1. The topological polar surface area (TPSA) is 41.1 Å². The summed E-state index contributed by atoms with van der Waals surface area (Å²) in [6.07, 6.45) is 1.77. The molecule has 1 saturated heterocycles. The fraction of sp³-hybridized carbons (Fsp3) is 0.533. The highest BCUT2D eigenvalue weighted by molar-refractivity contribution is 6.31. The van der Waals surface area contributed by atoms with E-state index in [4.69, 9.17) is 11.6 Å². The van der Waals surface area contributed by atoms with Crippen LogP contribution in [0, 0.1) is 5.41 Å². The van der Waals surface area contributed by atoms with Crippen molar-refractivity contribution >= 4 is 17.5 Å². The van der Waals surface area contributed by atoms with Crippen LogP contribution in [0.4, 0.5) is 0 Å². The molecule has 2 rings (SSSR count). The van der Waals surface area contributed by atoms with Crippen LogP contribution >= 0.6 is 11.6 Å². The molecule has 3 nitrogen and oxygen atoms in total. The Labute approximate surface area is 119 Å². The summed E-state index contributed by atoms with van der Waals surface area (Å²) in [4.78, 5) is 12.4. The summed E-state index contributed by atoms with van der Waals surface area (Å²) >= 11 is 6.16. The zero-order valence-electron chi connectivity index (χ0n) is 11.5. The fourth-order valence-corrected chi connectivity index (χ4v) is 2.78. The van der Waals surface area contributed by atoms with E-state index in [0.717, 1.165) is 31.5 Å². The van der Waals surface area contributed by atoms with E-state index in [1.54, 1.807) is 0 Å². The number of carbonyl (C=O) groups is 1. The molecule has 0 radical (unpaired) electrons. The van der Waals surface area contributed by atoms with Gasteiger partial charge in [-0.05, 0) is 44.5 Å². The molecule has 1 aliphatic rings. The van der Waals surface area contributed by atoms with E-state index in [1.165, 1.54) is 0 Å². The van der Waals surface area contributed by atoms with E-state index in [2.05, 4.69) is 10.6 Å². The summed E-state index contributed by atoms with van der Waals surface area (Å²) in [5.74, 6) is 0.126. The molecule has 1 unspecified atom stereocenters. The Balaban J connectivity index is 2.04. The predicted molar refractivity (Wildman–Crippen MR) is 78.2 cm³/mol. The van der Waals surface area contributed by atoms with Crippen LogP contribution in [0.25, 0.3) is 0 Å². The van der Waals surface area contributed by atoms with Gasteiger partial charge in [0.15, 0.2) is 0 Å². The second kappa shape index (κ2) is 5.93. The van der Waals surface area contributed by atoms with Crippen LogP contribution in [0.3, 0.4) is 0 Å². The number of halogens is 1. The van der Waals surface area contributed by atoms with Crippen LogP contribution in [0.15, 0.2) is 24.3 Å². The van der Waals surface area contributed by atoms with Gasteiger partial charge < -0.3 is 10.6 Å². The zero-order valence-corrected chi connectivity index (χ0v) is 12.3. The van der Waals surface area contributed by atoms with Gasteiger partial charge >= 0.3 is 0 Å². The van der Waals surface area contributed by atoms with Gasteiger partial charge in [-0.3, -0.25) is 4.79 Å². The van der Waals surface area contributed by atoms with Gasteiger partial charge in [-0.1, -0.05) is 36.7 Å². The summed E-state index contributed by atoms with van der Waals surface area (Å²) in [5, 5.41) is 7.08. The number of rotatable bonds is 3. The van der Waals surface area contributed by atoms with Gasteiger partial charge in [-0.2, -0.15) is 0 Å². The van der Waals surface area contributed by atoms with Crippen LogP contribution in [0.5, 0.6) is 0 Å². The predicted octanol–water partition coefficient (Wildman–Crippen LogP) is 2.91. The molecule has 19 heavy (non-hydrogen) atoms. The first kappa shape index (κ1) is 14.4. The Kier molecular flexibility index (Phi) is 4.48. The number of carbonyl (C=O) groups excluding carboxylic acids is 1. The van der Waals surface area contributed by atoms with Crippen molar-refractivity contribution in [3.63, 3.8) is 0 Å². The van der Waals surface area contributed by atoms with Crippen molar-refractivity contribution in [3.05, 3.63) is 34.9 Å². The molecule has 1 heterocycles. The second-order valence-corrected chi connectivity index (χ2v) is 5.93. The molecule has 104 valence electrons. The molecule has 1 aromatic carbocycles. The third kappa shape index (κ3) is 3.28. The van der Waals surface area contributed by atoms with Gasteiger partial charge in [-0.15, -0.1) is 0 Å². The zero-order chi connectivity index (χ0) is 13.9. The molecule has 1 aliphatic heterocycles. The van der Waals surface area contributed by atoms with Crippen molar-refractivity contribution in [1.82, 2.24) is 10.6 Å². The van der Waals surface area contributed by atoms with Crippen molar-refractivity contribution in [3.8, 4) is 0 Å². The number of benzene rings is 1. The van der Waals surface area contributed by atoms with Crippen LogP contribution < -0.4 is 10.6 Å². The monoisotopic (exact) mass is 280 g/mol. The molecule has 4 heteroatoms. The highest BCUT2D eigenvalue weighted by Crippen LogP contribution is 2.30. The van der Waals surface area contributed by atoms with Crippen molar-refractivity contribution in [1.29, 1.82) is 0 Å². The highest BCUT2D eigenvalue weighted by atomic mass is 35.5. The van der Waals surface area contributed by atoms with E-state index in [-0.39, 0.29) is 17.4 Å². The maximum Gasteiger partial charge on any atom is 0.226 e. The van der Waals surface area contributed by atoms with E-state index in [0.29, 0.717) is 5.02 Å². The van der Waals surface area contributed by atoms with Crippen LogP contribution in [0.2, 0.25) is 5.02 Å². The third-order valence-corrected chi connectivity index (χ3v) is 4.32. The second-order valence-electron chi connectivity index (χ2n) is 5.53. The SMILES string of the molecule is CC(NC(=O)C1(C)CCNCC1)c1ccccc1Cl.